The zero-order valence-electron chi connectivity index (χ0n) is 8.90. The van der Waals surface area contributed by atoms with Crippen LogP contribution in [0.2, 0.25) is 0 Å². The standard InChI is InChI=1S/C10H12BrN4/c1-10(2,3)15-13-8-5-4-7(11)6-9(8)12-14-15/h4-6H,1-3H3/q+1. The van der Waals surface area contributed by atoms with Crippen LogP contribution in [0.1, 0.15) is 20.8 Å². The summed E-state index contributed by atoms with van der Waals surface area (Å²) in [7, 11) is 0. The second kappa shape index (κ2) is 3.48. The van der Waals surface area contributed by atoms with Crippen molar-refractivity contribution in [2.75, 3.05) is 0 Å². The lowest BCUT2D eigenvalue weighted by atomic mass is 10.1. The van der Waals surface area contributed by atoms with E-state index in [2.05, 4.69) is 31.3 Å². The van der Waals surface area contributed by atoms with Crippen LogP contribution in [0.15, 0.2) is 22.7 Å². The number of fused-ring (bicyclic) bond motifs is 1. The molecule has 0 bridgehead atoms. The Balaban J connectivity index is 2.62. The van der Waals surface area contributed by atoms with Crippen molar-refractivity contribution >= 4 is 27.0 Å². The molecule has 1 aromatic heterocycles. The van der Waals surface area contributed by atoms with E-state index in [1.165, 1.54) is 0 Å². The highest BCUT2D eigenvalue weighted by atomic mass is 79.9. The Kier molecular flexibility index (Phi) is 2.42. The summed E-state index contributed by atoms with van der Waals surface area (Å²) in [4.78, 5) is 1.63. The predicted octanol–water partition coefficient (Wildman–Crippen LogP) is 1.83. The van der Waals surface area contributed by atoms with Crippen LogP contribution in [-0.2, 0) is 5.54 Å². The summed E-state index contributed by atoms with van der Waals surface area (Å²) < 4.78 is 0.986. The summed E-state index contributed by atoms with van der Waals surface area (Å²) in [5, 5.41) is 12.6. The van der Waals surface area contributed by atoms with E-state index in [0.29, 0.717) is 0 Å². The van der Waals surface area contributed by atoms with Gasteiger partial charge in [0.15, 0.2) is 10.7 Å². The van der Waals surface area contributed by atoms with Crippen molar-refractivity contribution in [1.82, 2.24) is 15.4 Å². The molecule has 1 aromatic carbocycles. The highest BCUT2D eigenvalue weighted by Gasteiger charge is 2.23. The molecule has 2 aromatic rings. The highest BCUT2D eigenvalue weighted by Crippen LogP contribution is 2.14. The fourth-order valence-corrected chi connectivity index (χ4v) is 1.51. The molecule has 0 saturated carbocycles. The zero-order chi connectivity index (χ0) is 11.1. The van der Waals surface area contributed by atoms with Crippen LogP contribution >= 0.6 is 15.9 Å². The molecule has 15 heavy (non-hydrogen) atoms. The second-order valence-electron chi connectivity index (χ2n) is 4.38. The number of hydrogen-bond donors (Lipinski definition) is 0. The van der Waals surface area contributed by atoms with Gasteiger partial charge in [-0.1, -0.05) is 21.0 Å². The minimum atomic E-state index is -0.145. The minimum absolute atomic E-state index is 0.145. The smallest absolute Gasteiger partial charge is 0.0566 e. The van der Waals surface area contributed by atoms with Crippen molar-refractivity contribution in [3.05, 3.63) is 22.7 Å². The van der Waals surface area contributed by atoms with Gasteiger partial charge in [-0.2, -0.15) is 0 Å². The van der Waals surface area contributed by atoms with Gasteiger partial charge in [-0.3, -0.25) is 0 Å². The minimum Gasteiger partial charge on any atom is -0.0566 e. The average Bonchev–Trinajstić information content (AvgIpc) is 2.15. The summed E-state index contributed by atoms with van der Waals surface area (Å²) in [5.41, 5.74) is 1.50. The zero-order valence-corrected chi connectivity index (χ0v) is 10.5. The normalized spacial score (nSPS) is 12.0. The van der Waals surface area contributed by atoms with E-state index < -0.39 is 0 Å². The van der Waals surface area contributed by atoms with Gasteiger partial charge < -0.3 is 0 Å². The maximum absolute atomic E-state index is 4.41. The van der Waals surface area contributed by atoms with Crippen molar-refractivity contribution in [3.8, 4) is 0 Å². The first kappa shape index (κ1) is 10.4. The van der Waals surface area contributed by atoms with Crippen molar-refractivity contribution < 1.29 is 4.80 Å². The van der Waals surface area contributed by atoms with E-state index in [9.17, 15) is 0 Å². The molecule has 0 saturated heterocycles. The molecule has 0 spiro atoms. The quantitative estimate of drug-likeness (QED) is 0.684. The molecule has 0 radical (unpaired) electrons. The van der Waals surface area contributed by atoms with Crippen LogP contribution in [0, 0.1) is 0 Å². The fraction of sp³-hybridized carbons (Fsp3) is 0.400. The van der Waals surface area contributed by atoms with Gasteiger partial charge in [-0.15, -0.1) is 0 Å². The molecule has 0 N–H and O–H groups in total. The van der Waals surface area contributed by atoms with Gasteiger partial charge in [0.05, 0.1) is 5.10 Å². The van der Waals surface area contributed by atoms with E-state index in [4.69, 9.17) is 0 Å². The SMILES string of the molecule is CC(C)(C)[n+]1nnc2cc(Br)ccc2n1. The second-order valence-corrected chi connectivity index (χ2v) is 5.30. The first-order valence-electron chi connectivity index (χ1n) is 4.70. The first-order chi connectivity index (χ1) is 6.97. The summed E-state index contributed by atoms with van der Waals surface area (Å²) >= 11 is 3.39. The lowest BCUT2D eigenvalue weighted by Gasteiger charge is -2.10. The average molecular weight is 268 g/mol. The van der Waals surface area contributed by atoms with Gasteiger partial charge in [-0.25, -0.2) is 0 Å². The Labute approximate surface area is 96.4 Å². The van der Waals surface area contributed by atoms with Gasteiger partial charge in [0, 0.05) is 10.5 Å². The molecule has 0 amide bonds. The third kappa shape index (κ3) is 2.12. The number of benzene rings is 1. The topological polar surface area (TPSA) is 42.5 Å². The van der Waals surface area contributed by atoms with Crippen molar-refractivity contribution in [2.45, 2.75) is 26.3 Å². The first-order valence-corrected chi connectivity index (χ1v) is 5.49. The lowest BCUT2D eigenvalue weighted by Crippen LogP contribution is -2.56. The molecule has 0 atom stereocenters. The number of hydrogen-bond acceptors (Lipinski definition) is 3. The Morgan fingerprint density at radius 3 is 2.60 bits per heavy atom. The molecule has 0 fully saturated rings. The molecule has 0 unspecified atom stereocenters. The molecule has 2 rings (SSSR count). The molecule has 0 aliphatic heterocycles. The number of nitrogens with zero attached hydrogens (tertiary/aromatic N) is 4. The molecule has 4 nitrogen and oxygen atoms in total. The van der Waals surface area contributed by atoms with Gasteiger partial charge in [0.1, 0.15) is 5.54 Å². The molecule has 78 valence electrons. The predicted molar refractivity (Wildman–Crippen MR) is 60.2 cm³/mol. The number of aromatic nitrogens is 4. The maximum atomic E-state index is 4.41. The Bertz CT molecular complexity index is 504. The van der Waals surface area contributed by atoms with Crippen LogP contribution in [0.25, 0.3) is 11.0 Å². The third-order valence-corrected chi connectivity index (χ3v) is 2.47. The van der Waals surface area contributed by atoms with Crippen LogP contribution in [0.4, 0.5) is 0 Å². The van der Waals surface area contributed by atoms with Gasteiger partial charge >= 0.3 is 0 Å². The maximum Gasteiger partial charge on any atom is 0.234 e. The molecule has 0 aliphatic carbocycles. The van der Waals surface area contributed by atoms with Crippen molar-refractivity contribution in [2.24, 2.45) is 0 Å². The molecule has 0 aliphatic rings. The third-order valence-electron chi connectivity index (χ3n) is 1.98. The Morgan fingerprint density at radius 1 is 1.20 bits per heavy atom. The van der Waals surface area contributed by atoms with Crippen molar-refractivity contribution in [1.29, 1.82) is 0 Å². The molecule has 5 heteroatoms. The summed E-state index contributed by atoms with van der Waals surface area (Å²) in [5.74, 6) is 0. The summed E-state index contributed by atoms with van der Waals surface area (Å²) in [6.45, 7) is 6.12. The molecular formula is C10H12BrN4+. The van der Waals surface area contributed by atoms with E-state index >= 15 is 0 Å². The van der Waals surface area contributed by atoms with Gasteiger partial charge in [-0.05, 0) is 37.7 Å². The Hall–Kier alpha value is -1.10. The molecule has 1 heterocycles. The highest BCUT2D eigenvalue weighted by molar-refractivity contribution is 9.10. The van der Waals surface area contributed by atoms with E-state index in [-0.39, 0.29) is 5.54 Å². The summed E-state index contributed by atoms with van der Waals surface area (Å²) in [6.07, 6.45) is 0. The van der Waals surface area contributed by atoms with Crippen LogP contribution in [0.3, 0.4) is 0 Å². The fourth-order valence-electron chi connectivity index (χ4n) is 1.16. The lowest BCUT2D eigenvalue weighted by molar-refractivity contribution is -0.857. The largest absolute Gasteiger partial charge is 0.234 e. The van der Waals surface area contributed by atoms with E-state index in [1.807, 2.05) is 39.0 Å². The van der Waals surface area contributed by atoms with Crippen molar-refractivity contribution in [3.63, 3.8) is 0 Å². The summed E-state index contributed by atoms with van der Waals surface area (Å²) in [6, 6.07) is 5.78. The van der Waals surface area contributed by atoms with Gasteiger partial charge in [0.2, 0.25) is 5.52 Å². The Morgan fingerprint density at radius 2 is 1.93 bits per heavy atom. The van der Waals surface area contributed by atoms with Gasteiger partial charge in [0.25, 0.3) is 0 Å². The molecular weight excluding hydrogens is 256 g/mol. The van der Waals surface area contributed by atoms with E-state index in [1.54, 1.807) is 4.80 Å². The van der Waals surface area contributed by atoms with Crippen LogP contribution < -0.4 is 4.80 Å². The number of rotatable bonds is 0. The van der Waals surface area contributed by atoms with Crippen LogP contribution in [0.5, 0.6) is 0 Å². The van der Waals surface area contributed by atoms with Crippen LogP contribution in [-0.4, -0.2) is 15.4 Å². The number of halogens is 1. The van der Waals surface area contributed by atoms with E-state index in [0.717, 1.165) is 15.5 Å². The monoisotopic (exact) mass is 267 g/mol.